The van der Waals surface area contributed by atoms with Crippen LogP contribution in [0.3, 0.4) is 0 Å². The second-order valence-corrected chi connectivity index (χ2v) is 12.7. The van der Waals surface area contributed by atoms with Crippen LogP contribution in [-0.2, 0) is 19.8 Å². The Kier molecular flexibility index (Phi) is 9.65. The number of piperidine rings is 1. The maximum Gasteiger partial charge on any atom is 0.264 e. The highest BCUT2D eigenvalue weighted by Crippen LogP contribution is 2.59. The summed E-state index contributed by atoms with van der Waals surface area (Å²) < 4.78 is 21.4. The Morgan fingerprint density at radius 3 is 2.48 bits per heavy atom. The van der Waals surface area contributed by atoms with Crippen LogP contribution in [0.4, 0.5) is 10.1 Å². The molecular formula is C34H36Cl2FN3O6. The van der Waals surface area contributed by atoms with Gasteiger partial charge in [0.1, 0.15) is 17.0 Å². The summed E-state index contributed by atoms with van der Waals surface area (Å²) in [7, 11) is 0. The van der Waals surface area contributed by atoms with E-state index >= 15 is 0 Å². The van der Waals surface area contributed by atoms with Crippen molar-refractivity contribution in [3.63, 3.8) is 0 Å². The number of amides is 3. The van der Waals surface area contributed by atoms with E-state index in [9.17, 15) is 29.0 Å². The van der Waals surface area contributed by atoms with E-state index in [1.807, 2.05) is 0 Å². The second kappa shape index (κ2) is 13.2. The van der Waals surface area contributed by atoms with Crippen molar-refractivity contribution in [3.8, 4) is 5.75 Å². The van der Waals surface area contributed by atoms with E-state index in [1.165, 1.54) is 12.1 Å². The number of ether oxygens (including phenoxy) is 1. The third-order valence-corrected chi connectivity index (χ3v) is 9.69. The number of nitrogens with one attached hydrogen (secondary N) is 3. The van der Waals surface area contributed by atoms with E-state index in [1.54, 1.807) is 63.2 Å². The first-order valence-corrected chi connectivity index (χ1v) is 15.9. The third-order valence-electron chi connectivity index (χ3n) is 9.22. The van der Waals surface area contributed by atoms with Crippen molar-refractivity contribution >= 4 is 46.6 Å². The number of hydrogen-bond acceptors (Lipinski definition) is 6. The molecule has 0 aromatic heterocycles. The standard InChI is InChI=1S/C34H36Cl2FN3O6/c1-4-33(5-2,31(44)38-16-22(42)17-41)46-28-11-8-19(35)12-24(28)26-15-29(43)40-30(23-14-21(37)9-6-18(23)3)34(26)25-10-7-20(36)13-27(25)39-32(34)45/h6-14,22,26,30,41-42H,4-5,15-17H2,1-3H3,(H,38,44)(H,39,45)(H,40,43)/t22-,26?,30?,34?/m0/s1. The van der Waals surface area contributed by atoms with Crippen LogP contribution in [0, 0.1) is 12.7 Å². The van der Waals surface area contributed by atoms with E-state index in [2.05, 4.69) is 16.0 Å². The summed E-state index contributed by atoms with van der Waals surface area (Å²) in [5.74, 6) is -2.50. The molecule has 5 rings (SSSR count). The number of halogens is 3. The van der Waals surface area contributed by atoms with Gasteiger partial charge in [0.2, 0.25) is 11.8 Å². The van der Waals surface area contributed by atoms with Crippen LogP contribution in [0.1, 0.15) is 67.3 Å². The van der Waals surface area contributed by atoms with Crippen molar-refractivity contribution < 1.29 is 33.7 Å². The molecule has 3 aromatic carbocycles. The number of hydrogen-bond donors (Lipinski definition) is 5. The van der Waals surface area contributed by atoms with Crippen molar-refractivity contribution in [2.24, 2.45) is 0 Å². The molecule has 2 aliphatic heterocycles. The Balaban J connectivity index is 1.73. The van der Waals surface area contributed by atoms with E-state index in [0.29, 0.717) is 38.0 Å². The number of aliphatic hydroxyl groups excluding tert-OH is 2. The number of aliphatic hydroxyl groups is 2. The highest BCUT2D eigenvalue weighted by atomic mass is 35.5. The van der Waals surface area contributed by atoms with Gasteiger partial charge in [-0.2, -0.15) is 0 Å². The van der Waals surface area contributed by atoms with Gasteiger partial charge in [0.25, 0.3) is 5.91 Å². The molecule has 9 nitrogen and oxygen atoms in total. The molecule has 3 aromatic rings. The van der Waals surface area contributed by atoms with E-state index in [4.69, 9.17) is 27.9 Å². The fourth-order valence-corrected chi connectivity index (χ4v) is 7.09. The first-order valence-electron chi connectivity index (χ1n) is 15.1. The number of benzene rings is 3. The van der Waals surface area contributed by atoms with Crippen molar-refractivity contribution in [1.29, 1.82) is 0 Å². The Bertz CT molecular complexity index is 1680. The summed E-state index contributed by atoms with van der Waals surface area (Å²) in [5, 5.41) is 28.4. The summed E-state index contributed by atoms with van der Waals surface area (Å²) >= 11 is 12.9. The molecule has 2 aliphatic rings. The van der Waals surface area contributed by atoms with Gasteiger partial charge in [0, 0.05) is 40.2 Å². The molecule has 1 spiro atoms. The highest BCUT2D eigenvalue weighted by Gasteiger charge is 2.62. The number of carbonyl (C=O) groups excluding carboxylic acids is 3. The number of rotatable bonds is 10. The van der Waals surface area contributed by atoms with Crippen molar-refractivity contribution in [2.75, 3.05) is 18.5 Å². The van der Waals surface area contributed by atoms with Crippen LogP contribution < -0.4 is 20.7 Å². The van der Waals surface area contributed by atoms with Gasteiger partial charge in [-0.25, -0.2) is 4.39 Å². The Hall–Kier alpha value is -3.70. The van der Waals surface area contributed by atoms with Gasteiger partial charge in [0.05, 0.1) is 18.8 Å². The largest absolute Gasteiger partial charge is 0.477 e. The molecule has 46 heavy (non-hydrogen) atoms. The minimum atomic E-state index is -1.51. The molecule has 3 unspecified atom stereocenters. The summed E-state index contributed by atoms with van der Waals surface area (Å²) in [6, 6.07) is 13.1. The lowest BCUT2D eigenvalue weighted by Gasteiger charge is -2.47. The van der Waals surface area contributed by atoms with Crippen LogP contribution >= 0.6 is 23.2 Å². The van der Waals surface area contributed by atoms with Crippen LogP contribution in [0.25, 0.3) is 0 Å². The average Bonchev–Trinajstić information content (AvgIpc) is 3.31. The van der Waals surface area contributed by atoms with Gasteiger partial charge in [-0.15, -0.1) is 0 Å². The summed E-state index contributed by atoms with van der Waals surface area (Å²) in [6.45, 7) is 4.63. The zero-order valence-electron chi connectivity index (χ0n) is 25.6. The van der Waals surface area contributed by atoms with Crippen molar-refractivity contribution in [2.45, 2.75) is 69.1 Å². The lowest BCUT2D eigenvalue weighted by atomic mass is 9.59. The Morgan fingerprint density at radius 1 is 1.09 bits per heavy atom. The number of fused-ring (bicyclic) bond motifs is 2. The van der Waals surface area contributed by atoms with Crippen LogP contribution in [0.5, 0.6) is 5.75 Å². The summed E-state index contributed by atoms with van der Waals surface area (Å²) in [4.78, 5) is 41.6. The van der Waals surface area contributed by atoms with Crippen molar-refractivity contribution in [1.82, 2.24) is 10.6 Å². The van der Waals surface area contributed by atoms with Gasteiger partial charge in [-0.3, -0.25) is 14.4 Å². The van der Waals surface area contributed by atoms with Gasteiger partial charge < -0.3 is 30.9 Å². The molecule has 244 valence electrons. The molecule has 1 saturated heterocycles. The zero-order valence-corrected chi connectivity index (χ0v) is 27.1. The molecule has 1 fully saturated rings. The van der Waals surface area contributed by atoms with Gasteiger partial charge in [-0.1, -0.05) is 49.2 Å². The lowest BCUT2D eigenvalue weighted by molar-refractivity contribution is -0.138. The Morgan fingerprint density at radius 2 is 1.78 bits per heavy atom. The van der Waals surface area contributed by atoms with Crippen LogP contribution in [0.15, 0.2) is 54.6 Å². The second-order valence-electron chi connectivity index (χ2n) is 11.8. The molecule has 5 N–H and O–H groups in total. The summed E-state index contributed by atoms with van der Waals surface area (Å²) in [5.41, 5.74) is -0.400. The molecule has 3 amide bonds. The lowest BCUT2D eigenvalue weighted by Crippen LogP contribution is -2.57. The number of carbonyl (C=O) groups is 3. The quantitative estimate of drug-likeness (QED) is 0.204. The smallest absolute Gasteiger partial charge is 0.264 e. The monoisotopic (exact) mass is 671 g/mol. The fraction of sp³-hybridized carbons (Fsp3) is 0.382. The van der Waals surface area contributed by atoms with E-state index in [-0.39, 0.29) is 37.5 Å². The molecule has 2 heterocycles. The molecule has 0 radical (unpaired) electrons. The number of anilines is 1. The predicted molar refractivity (Wildman–Crippen MR) is 173 cm³/mol. The average molecular weight is 673 g/mol. The zero-order chi connectivity index (χ0) is 33.4. The van der Waals surface area contributed by atoms with Crippen molar-refractivity contribution in [3.05, 3.63) is 92.7 Å². The molecule has 12 heteroatoms. The molecule has 0 saturated carbocycles. The first-order chi connectivity index (χ1) is 21.9. The van der Waals surface area contributed by atoms with Crippen LogP contribution in [-0.4, -0.2) is 52.8 Å². The predicted octanol–water partition coefficient (Wildman–Crippen LogP) is 5.08. The molecule has 0 bridgehead atoms. The fourth-order valence-electron chi connectivity index (χ4n) is 6.74. The molecule has 0 aliphatic carbocycles. The Labute approximate surface area is 276 Å². The highest BCUT2D eigenvalue weighted by molar-refractivity contribution is 6.31. The van der Waals surface area contributed by atoms with E-state index < -0.39 is 53.3 Å². The summed E-state index contributed by atoms with van der Waals surface area (Å²) in [6.07, 6.45) is -0.845. The number of aryl methyl sites for hydroxylation is 1. The maximum atomic E-state index is 14.8. The normalized spacial score (nSPS) is 21.4. The molecular weight excluding hydrogens is 636 g/mol. The maximum absolute atomic E-state index is 14.8. The van der Waals surface area contributed by atoms with Gasteiger partial charge in [-0.05, 0) is 78.9 Å². The van der Waals surface area contributed by atoms with Gasteiger partial charge >= 0.3 is 0 Å². The first kappa shape index (κ1) is 33.7. The topological polar surface area (TPSA) is 137 Å². The minimum absolute atomic E-state index is 0.156. The third kappa shape index (κ3) is 5.83. The SMILES string of the molecule is CCC(CC)(Oc1ccc(Cl)cc1C1CC(=O)NC(c2cc(F)ccc2C)C12C(=O)Nc1cc(Cl)ccc12)C(=O)NC[C@H](O)CO. The van der Waals surface area contributed by atoms with Crippen LogP contribution in [0.2, 0.25) is 10.0 Å². The van der Waals surface area contributed by atoms with Gasteiger partial charge in [0.15, 0.2) is 5.60 Å². The van der Waals surface area contributed by atoms with E-state index in [0.717, 1.165) is 0 Å². The molecule has 4 atom stereocenters. The minimum Gasteiger partial charge on any atom is -0.477 e.